The van der Waals surface area contributed by atoms with Crippen molar-refractivity contribution in [1.82, 2.24) is 4.90 Å². The number of aliphatic hydroxyl groups is 1. The minimum atomic E-state index is -1.04. The first-order valence-electron chi connectivity index (χ1n) is 7.53. The largest absolute Gasteiger partial charge is 0.447 e. The molecule has 2 amide bonds. The summed E-state index contributed by atoms with van der Waals surface area (Å²) in [4.78, 5) is 25.8. The van der Waals surface area contributed by atoms with E-state index >= 15 is 0 Å². The van der Waals surface area contributed by atoms with Crippen LogP contribution < -0.4 is 0 Å². The number of nitrogens with zero attached hydrogens (tertiary/aromatic N) is 1. The van der Waals surface area contributed by atoms with Crippen molar-refractivity contribution in [2.45, 2.75) is 25.0 Å². The van der Waals surface area contributed by atoms with E-state index in [9.17, 15) is 14.7 Å². The fourth-order valence-electron chi connectivity index (χ4n) is 2.68. The Morgan fingerprint density at radius 3 is 2.70 bits per heavy atom. The Morgan fingerprint density at radius 1 is 1.39 bits per heavy atom. The number of rotatable bonds is 7. The molecule has 1 N–H and O–H groups in total. The molecule has 5 nitrogen and oxygen atoms in total. The first kappa shape index (κ1) is 17.0. The van der Waals surface area contributed by atoms with Gasteiger partial charge in [0, 0.05) is 0 Å². The molecule has 0 aliphatic carbocycles. The molecule has 1 aliphatic rings. The lowest BCUT2D eigenvalue weighted by Crippen LogP contribution is -2.46. The number of amides is 2. The number of aliphatic hydroxyl groups excluding tert-OH is 1. The van der Waals surface area contributed by atoms with E-state index in [2.05, 4.69) is 13.2 Å². The molecule has 1 aromatic carbocycles. The second kappa shape index (κ2) is 7.74. The zero-order valence-electron chi connectivity index (χ0n) is 12.9. The van der Waals surface area contributed by atoms with Crippen LogP contribution in [0.3, 0.4) is 0 Å². The molecule has 1 aliphatic heterocycles. The molecule has 0 spiro atoms. The number of hydrogen-bond acceptors (Lipinski definition) is 4. The van der Waals surface area contributed by atoms with E-state index in [1.54, 1.807) is 6.08 Å². The van der Waals surface area contributed by atoms with Gasteiger partial charge < -0.3 is 9.84 Å². The monoisotopic (exact) mass is 315 g/mol. The molecule has 3 unspecified atom stereocenters. The van der Waals surface area contributed by atoms with Gasteiger partial charge >= 0.3 is 6.09 Å². The Kier molecular flexibility index (Phi) is 5.71. The summed E-state index contributed by atoms with van der Waals surface area (Å²) in [7, 11) is 0. The van der Waals surface area contributed by atoms with Crippen molar-refractivity contribution in [3.8, 4) is 0 Å². The smallest absolute Gasteiger partial charge is 0.416 e. The first-order chi connectivity index (χ1) is 11.1. The summed E-state index contributed by atoms with van der Waals surface area (Å²) in [6.45, 7) is 7.26. The number of cyclic esters (lactones) is 1. The summed E-state index contributed by atoms with van der Waals surface area (Å²) >= 11 is 0. The molecular formula is C18H21NO4. The zero-order valence-corrected chi connectivity index (χ0v) is 12.9. The van der Waals surface area contributed by atoms with Crippen LogP contribution in [0.4, 0.5) is 4.79 Å². The number of imide groups is 1. The standard InChI is InChI=1S/C18H21NO4/c1-3-8-15(16(20)4-2)17(21)19-14(12-23-18(19)22)11-13-9-6-5-7-10-13/h3-7,9-10,14-16,20H,1-2,8,11-12H2. The summed E-state index contributed by atoms with van der Waals surface area (Å²) in [6, 6.07) is 9.21. The lowest BCUT2D eigenvalue weighted by Gasteiger charge is -2.26. The van der Waals surface area contributed by atoms with Crippen molar-refractivity contribution < 1.29 is 19.4 Å². The molecule has 0 aromatic heterocycles. The maximum Gasteiger partial charge on any atom is 0.416 e. The maximum atomic E-state index is 12.7. The van der Waals surface area contributed by atoms with Crippen LogP contribution in [0.2, 0.25) is 0 Å². The molecule has 0 bridgehead atoms. The van der Waals surface area contributed by atoms with Crippen LogP contribution in [0.15, 0.2) is 55.6 Å². The number of allylic oxidation sites excluding steroid dienone is 1. The minimum Gasteiger partial charge on any atom is -0.447 e. The van der Waals surface area contributed by atoms with Gasteiger partial charge in [0.25, 0.3) is 0 Å². The Bertz CT molecular complexity index is 584. The summed E-state index contributed by atoms with van der Waals surface area (Å²) in [5, 5.41) is 9.98. The summed E-state index contributed by atoms with van der Waals surface area (Å²) in [5.41, 5.74) is 1.01. The third-order valence-corrected chi connectivity index (χ3v) is 3.90. The van der Waals surface area contributed by atoms with E-state index in [1.165, 1.54) is 6.08 Å². The third kappa shape index (κ3) is 3.87. The van der Waals surface area contributed by atoms with E-state index in [4.69, 9.17) is 4.74 Å². The van der Waals surface area contributed by atoms with Crippen LogP contribution in [0.1, 0.15) is 12.0 Å². The molecule has 5 heteroatoms. The van der Waals surface area contributed by atoms with E-state index in [0.717, 1.165) is 10.5 Å². The second-order valence-electron chi connectivity index (χ2n) is 5.49. The van der Waals surface area contributed by atoms with Gasteiger partial charge in [0.15, 0.2) is 0 Å². The van der Waals surface area contributed by atoms with Gasteiger partial charge in [-0.2, -0.15) is 0 Å². The van der Waals surface area contributed by atoms with E-state index in [0.29, 0.717) is 6.42 Å². The van der Waals surface area contributed by atoms with Crippen molar-refractivity contribution in [3.63, 3.8) is 0 Å². The van der Waals surface area contributed by atoms with Gasteiger partial charge in [-0.1, -0.05) is 42.5 Å². The van der Waals surface area contributed by atoms with Crippen LogP contribution in [0.25, 0.3) is 0 Å². The molecule has 0 radical (unpaired) electrons. The molecule has 1 fully saturated rings. The first-order valence-corrected chi connectivity index (χ1v) is 7.53. The average Bonchev–Trinajstić information content (AvgIpc) is 2.92. The number of hydrogen-bond donors (Lipinski definition) is 1. The van der Waals surface area contributed by atoms with Gasteiger partial charge in [0.05, 0.1) is 18.1 Å². The summed E-state index contributed by atoms with van der Waals surface area (Å²) in [5.74, 6) is -1.24. The van der Waals surface area contributed by atoms with Crippen molar-refractivity contribution in [2.24, 2.45) is 5.92 Å². The van der Waals surface area contributed by atoms with E-state index in [1.807, 2.05) is 30.3 Å². The lowest BCUT2D eigenvalue weighted by atomic mass is 9.95. The van der Waals surface area contributed by atoms with Crippen LogP contribution in [-0.4, -0.2) is 40.8 Å². The van der Waals surface area contributed by atoms with Crippen LogP contribution >= 0.6 is 0 Å². The molecule has 1 heterocycles. The SMILES string of the molecule is C=CCC(C(=O)N1C(=O)OCC1Cc1ccccc1)C(O)C=C. The Labute approximate surface area is 135 Å². The molecule has 3 atom stereocenters. The summed E-state index contributed by atoms with van der Waals surface area (Å²) in [6.07, 6.45) is 1.91. The van der Waals surface area contributed by atoms with Crippen molar-refractivity contribution in [3.05, 3.63) is 61.2 Å². The second-order valence-corrected chi connectivity index (χ2v) is 5.49. The average molecular weight is 315 g/mol. The molecule has 122 valence electrons. The van der Waals surface area contributed by atoms with Crippen LogP contribution in [0.5, 0.6) is 0 Å². The highest BCUT2D eigenvalue weighted by Gasteiger charge is 2.41. The molecule has 1 aromatic rings. The van der Waals surface area contributed by atoms with Crippen molar-refractivity contribution >= 4 is 12.0 Å². The van der Waals surface area contributed by atoms with Gasteiger partial charge in [-0.05, 0) is 18.4 Å². The predicted molar refractivity (Wildman–Crippen MR) is 86.6 cm³/mol. The predicted octanol–water partition coefficient (Wildman–Crippen LogP) is 2.32. The highest BCUT2D eigenvalue weighted by atomic mass is 16.6. The number of carbonyl (C=O) groups is 2. The van der Waals surface area contributed by atoms with Gasteiger partial charge in [0.2, 0.25) is 5.91 Å². The Morgan fingerprint density at radius 2 is 2.09 bits per heavy atom. The van der Waals surface area contributed by atoms with Gasteiger partial charge in [0.1, 0.15) is 6.61 Å². The van der Waals surface area contributed by atoms with Crippen LogP contribution in [0, 0.1) is 5.92 Å². The number of ether oxygens (including phenoxy) is 1. The quantitative estimate of drug-likeness (QED) is 0.784. The van der Waals surface area contributed by atoms with Gasteiger partial charge in [-0.25, -0.2) is 9.69 Å². The topological polar surface area (TPSA) is 66.8 Å². The molecule has 2 rings (SSSR count). The minimum absolute atomic E-state index is 0.157. The fraction of sp³-hybridized carbons (Fsp3) is 0.333. The van der Waals surface area contributed by atoms with E-state index in [-0.39, 0.29) is 19.1 Å². The number of carbonyl (C=O) groups excluding carboxylic acids is 2. The molecule has 0 saturated carbocycles. The van der Waals surface area contributed by atoms with Crippen molar-refractivity contribution in [1.29, 1.82) is 0 Å². The Hall–Kier alpha value is -2.40. The zero-order chi connectivity index (χ0) is 16.8. The van der Waals surface area contributed by atoms with E-state index < -0.39 is 24.0 Å². The fourth-order valence-corrected chi connectivity index (χ4v) is 2.68. The van der Waals surface area contributed by atoms with Crippen molar-refractivity contribution in [2.75, 3.05) is 6.61 Å². The molecular weight excluding hydrogens is 294 g/mol. The molecule has 23 heavy (non-hydrogen) atoms. The van der Waals surface area contributed by atoms with Gasteiger partial charge in [-0.15, -0.1) is 13.2 Å². The maximum absolute atomic E-state index is 12.7. The van der Waals surface area contributed by atoms with Gasteiger partial charge in [-0.3, -0.25) is 4.79 Å². The third-order valence-electron chi connectivity index (χ3n) is 3.90. The Balaban J connectivity index is 2.19. The molecule has 1 saturated heterocycles. The summed E-state index contributed by atoms with van der Waals surface area (Å²) < 4.78 is 5.05. The highest BCUT2D eigenvalue weighted by Crippen LogP contribution is 2.23. The normalized spacial score (nSPS) is 19.8. The lowest BCUT2D eigenvalue weighted by molar-refractivity contribution is -0.136. The van der Waals surface area contributed by atoms with Crippen LogP contribution in [-0.2, 0) is 16.0 Å². The highest BCUT2D eigenvalue weighted by molar-refractivity contribution is 5.95. The number of benzene rings is 1.